The monoisotopic (exact) mass is 312 g/mol. The van der Waals surface area contributed by atoms with Crippen molar-refractivity contribution in [3.05, 3.63) is 60.3 Å². The van der Waals surface area contributed by atoms with Gasteiger partial charge in [-0.25, -0.2) is 0 Å². The number of hydrogen-bond donors (Lipinski definition) is 2. The molecule has 1 aromatic carbocycles. The molecule has 0 bridgehead atoms. The number of nitrogens with zero attached hydrogens (tertiary/aromatic N) is 2. The first-order valence-corrected chi connectivity index (χ1v) is 7.31. The molecule has 1 aromatic heterocycles. The summed E-state index contributed by atoms with van der Waals surface area (Å²) in [7, 11) is 0. The molecule has 1 heterocycles. The fourth-order valence-corrected chi connectivity index (χ4v) is 1.76. The highest BCUT2D eigenvalue weighted by atomic mass is 16.5. The minimum atomic E-state index is -0.292. The van der Waals surface area contributed by atoms with Crippen LogP contribution in [-0.2, 0) is 4.74 Å². The van der Waals surface area contributed by atoms with Crippen molar-refractivity contribution in [2.75, 3.05) is 30.4 Å². The zero-order valence-corrected chi connectivity index (χ0v) is 13.1. The van der Waals surface area contributed by atoms with Gasteiger partial charge in [0.15, 0.2) is 5.69 Å². The Bertz CT molecular complexity index is 641. The molecule has 0 radical (unpaired) electrons. The van der Waals surface area contributed by atoms with Crippen molar-refractivity contribution in [1.82, 2.24) is 10.2 Å². The molecule has 0 unspecified atom stereocenters. The van der Waals surface area contributed by atoms with E-state index in [2.05, 4.69) is 27.4 Å². The van der Waals surface area contributed by atoms with Gasteiger partial charge in [-0.05, 0) is 31.2 Å². The van der Waals surface area contributed by atoms with Crippen LogP contribution < -0.4 is 10.6 Å². The minimum Gasteiger partial charge on any atom is -0.375 e. The molecule has 6 nitrogen and oxygen atoms in total. The van der Waals surface area contributed by atoms with E-state index in [0.29, 0.717) is 25.6 Å². The summed E-state index contributed by atoms with van der Waals surface area (Å²) in [5.74, 6) is 0.306. The van der Waals surface area contributed by atoms with Crippen LogP contribution in [0, 0.1) is 0 Å². The summed E-state index contributed by atoms with van der Waals surface area (Å²) in [5, 5.41) is 13.7. The van der Waals surface area contributed by atoms with E-state index in [1.54, 1.807) is 12.1 Å². The van der Waals surface area contributed by atoms with Crippen LogP contribution in [0.25, 0.3) is 0 Å². The van der Waals surface area contributed by atoms with Gasteiger partial charge in [0.05, 0.1) is 13.2 Å². The quantitative estimate of drug-likeness (QED) is 0.579. The molecular formula is C17H20N4O2. The summed E-state index contributed by atoms with van der Waals surface area (Å²) in [5.41, 5.74) is 1.97. The van der Waals surface area contributed by atoms with Crippen LogP contribution in [0.15, 0.2) is 54.6 Å². The van der Waals surface area contributed by atoms with Gasteiger partial charge in [-0.1, -0.05) is 30.4 Å². The highest BCUT2D eigenvalue weighted by Crippen LogP contribution is 2.08. The predicted octanol–water partition coefficient (Wildman–Crippen LogP) is 2.73. The smallest absolute Gasteiger partial charge is 0.276 e. The molecule has 2 aromatic rings. The molecule has 120 valence electrons. The SMILES string of the molecule is C=C(C)COCCNc1ccc(C(=O)Nc2ccccc2)nn1. The lowest BCUT2D eigenvalue weighted by molar-refractivity contribution is 0.102. The van der Waals surface area contributed by atoms with Gasteiger partial charge >= 0.3 is 0 Å². The lowest BCUT2D eigenvalue weighted by Gasteiger charge is -2.07. The van der Waals surface area contributed by atoms with Crippen LogP contribution in [0.2, 0.25) is 0 Å². The normalized spacial score (nSPS) is 10.1. The van der Waals surface area contributed by atoms with E-state index in [4.69, 9.17) is 4.74 Å². The number of carbonyl (C=O) groups excluding carboxylic acids is 1. The molecule has 0 aliphatic carbocycles. The molecule has 6 heteroatoms. The Morgan fingerprint density at radius 1 is 1.17 bits per heavy atom. The predicted molar refractivity (Wildman–Crippen MR) is 90.5 cm³/mol. The summed E-state index contributed by atoms with van der Waals surface area (Å²) in [6.07, 6.45) is 0. The van der Waals surface area contributed by atoms with E-state index in [-0.39, 0.29) is 11.6 Å². The number of benzene rings is 1. The summed E-state index contributed by atoms with van der Waals surface area (Å²) in [6.45, 7) is 7.38. The molecule has 2 N–H and O–H groups in total. The summed E-state index contributed by atoms with van der Waals surface area (Å²) in [4.78, 5) is 12.0. The third-order valence-electron chi connectivity index (χ3n) is 2.83. The molecular weight excluding hydrogens is 292 g/mol. The van der Waals surface area contributed by atoms with E-state index >= 15 is 0 Å². The Hall–Kier alpha value is -2.73. The first-order chi connectivity index (χ1) is 11.1. The Morgan fingerprint density at radius 3 is 2.61 bits per heavy atom. The highest BCUT2D eigenvalue weighted by molar-refractivity contribution is 6.02. The maximum absolute atomic E-state index is 12.0. The van der Waals surface area contributed by atoms with E-state index in [1.165, 1.54) is 0 Å². The fourth-order valence-electron chi connectivity index (χ4n) is 1.76. The molecule has 0 spiro atoms. The van der Waals surface area contributed by atoms with Crippen LogP contribution >= 0.6 is 0 Å². The molecule has 2 rings (SSSR count). The molecule has 0 fully saturated rings. The Kier molecular flexibility index (Phi) is 6.26. The van der Waals surface area contributed by atoms with E-state index in [1.807, 2.05) is 37.3 Å². The second-order valence-corrected chi connectivity index (χ2v) is 5.06. The Morgan fingerprint density at radius 2 is 1.96 bits per heavy atom. The van der Waals surface area contributed by atoms with Crippen molar-refractivity contribution in [1.29, 1.82) is 0 Å². The fraction of sp³-hybridized carbons (Fsp3) is 0.235. The molecule has 0 atom stereocenters. The second-order valence-electron chi connectivity index (χ2n) is 5.06. The van der Waals surface area contributed by atoms with Crippen molar-refractivity contribution in [3.63, 3.8) is 0 Å². The number of amides is 1. The number of nitrogens with one attached hydrogen (secondary N) is 2. The molecule has 0 aliphatic rings. The second kappa shape index (κ2) is 8.65. The highest BCUT2D eigenvalue weighted by Gasteiger charge is 2.08. The Balaban J connectivity index is 1.79. The van der Waals surface area contributed by atoms with Crippen molar-refractivity contribution in [3.8, 4) is 0 Å². The average Bonchev–Trinajstić information content (AvgIpc) is 2.56. The van der Waals surface area contributed by atoms with Gasteiger partial charge < -0.3 is 15.4 Å². The minimum absolute atomic E-state index is 0.262. The van der Waals surface area contributed by atoms with Crippen molar-refractivity contribution >= 4 is 17.4 Å². The van der Waals surface area contributed by atoms with Crippen LogP contribution in [0.3, 0.4) is 0 Å². The third kappa shape index (κ3) is 5.88. The van der Waals surface area contributed by atoms with E-state index in [0.717, 1.165) is 11.3 Å². The molecule has 0 aliphatic heterocycles. The van der Waals surface area contributed by atoms with Crippen LogP contribution in [0.4, 0.5) is 11.5 Å². The average molecular weight is 312 g/mol. The zero-order valence-electron chi connectivity index (χ0n) is 13.1. The van der Waals surface area contributed by atoms with Gasteiger partial charge in [-0.3, -0.25) is 4.79 Å². The van der Waals surface area contributed by atoms with Gasteiger partial charge in [0.1, 0.15) is 5.82 Å². The van der Waals surface area contributed by atoms with E-state index < -0.39 is 0 Å². The van der Waals surface area contributed by atoms with Crippen LogP contribution in [0.5, 0.6) is 0 Å². The molecule has 0 saturated heterocycles. The molecule has 23 heavy (non-hydrogen) atoms. The number of hydrogen-bond acceptors (Lipinski definition) is 5. The number of rotatable bonds is 8. The maximum Gasteiger partial charge on any atom is 0.276 e. The topological polar surface area (TPSA) is 76.1 Å². The van der Waals surface area contributed by atoms with Crippen molar-refractivity contribution in [2.24, 2.45) is 0 Å². The van der Waals surface area contributed by atoms with Crippen LogP contribution in [-0.4, -0.2) is 35.9 Å². The number of carbonyl (C=O) groups is 1. The lowest BCUT2D eigenvalue weighted by atomic mass is 10.3. The van der Waals surface area contributed by atoms with Gasteiger partial charge in [-0.2, -0.15) is 0 Å². The number of aromatic nitrogens is 2. The lowest BCUT2D eigenvalue weighted by Crippen LogP contribution is -2.16. The van der Waals surface area contributed by atoms with Gasteiger partial charge in [0, 0.05) is 12.2 Å². The maximum atomic E-state index is 12.0. The largest absolute Gasteiger partial charge is 0.375 e. The van der Waals surface area contributed by atoms with E-state index in [9.17, 15) is 4.79 Å². The number of ether oxygens (including phenoxy) is 1. The summed E-state index contributed by atoms with van der Waals surface area (Å²) >= 11 is 0. The first-order valence-electron chi connectivity index (χ1n) is 7.31. The number of para-hydroxylation sites is 1. The van der Waals surface area contributed by atoms with Crippen LogP contribution in [0.1, 0.15) is 17.4 Å². The third-order valence-corrected chi connectivity index (χ3v) is 2.83. The summed E-state index contributed by atoms with van der Waals surface area (Å²) in [6, 6.07) is 12.6. The first kappa shape index (κ1) is 16.6. The molecule has 1 amide bonds. The standard InChI is InChI=1S/C17H20N4O2/c1-13(2)12-23-11-10-18-16-9-8-15(20-21-16)17(22)19-14-6-4-3-5-7-14/h3-9H,1,10-12H2,2H3,(H,18,21)(H,19,22). The van der Waals surface area contributed by atoms with Gasteiger partial charge in [0.2, 0.25) is 0 Å². The summed E-state index contributed by atoms with van der Waals surface area (Å²) < 4.78 is 5.37. The van der Waals surface area contributed by atoms with Crippen molar-refractivity contribution < 1.29 is 9.53 Å². The van der Waals surface area contributed by atoms with Gasteiger partial charge in [-0.15, -0.1) is 10.2 Å². The van der Waals surface area contributed by atoms with Crippen molar-refractivity contribution in [2.45, 2.75) is 6.92 Å². The van der Waals surface area contributed by atoms with Gasteiger partial charge in [0.25, 0.3) is 5.91 Å². The zero-order chi connectivity index (χ0) is 16.5. The number of anilines is 2. The Labute approximate surface area is 135 Å². The molecule has 0 saturated carbocycles.